The van der Waals surface area contributed by atoms with E-state index in [1.807, 2.05) is 6.92 Å². The molecule has 3 N–H and O–H groups in total. The van der Waals surface area contributed by atoms with E-state index in [-0.39, 0.29) is 12.5 Å². The molecule has 6 nitrogen and oxygen atoms in total. The van der Waals surface area contributed by atoms with E-state index in [0.717, 1.165) is 5.69 Å². The van der Waals surface area contributed by atoms with Crippen molar-refractivity contribution in [2.75, 3.05) is 17.7 Å². The van der Waals surface area contributed by atoms with E-state index >= 15 is 0 Å². The van der Waals surface area contributed by atoms with Crippen LogP contribution in [0.5, 0.6) is 5.75 Å². The molecule has 2 aromatic rings. The molecule has 0 saturated heterocycles. The van der Waals surface area contributed by atoms with Gasteiger partial charge in [0, 0.05) is 18.9 Å². The van der Waals surface area contributed by atoms with Crippen LogP contribution in [0.15, 0.2) is 30.5 Å². The molecule has 2 rings (SSSR count). The van der Waals surface area contributed by atoms with E-state index in [9.17, 15) is 4.79 Å². The Hall–Kier alpha value is -2.50. The van der Waals surface area contributed by atoms with Crippen LogP contribution in [-0.4, -0.2) is 22.3 Å². The van der Waals surface area contributed by atoms with Gasteiger partial charge in [0.05, 0.1) is 11.4 Å². The molecule has 1 heterocycles. The molecule has 0 spiro atoms. The molecule has 0 radical (unpaired) electrons. The molecule has 0 aliphatic heterocycles. The molecule has 0 atom stereocenters. The summed E-state index contributed by atoms with van der Waals surface area (Å²) in [6.45, 7) is 1.77. The average Bonchev–Trinajstić information content (AvgIpc) is 2.67. The lowest BCUT2D eigenvalue weighted by atomic mass is 10.3. The first-order chi connectivity index (χ1) is 9.04. The molecular formula is C13H16N4O2. The number of hydrogen-bond acceptors (Lipinski definition) is 4. The fraction of sp³-hybridized carbons (Fsp3) is 0.231. The van der Waals surface area contributed by atoms with Gasteiger partial charge in [-0.3, -0.25) is 9.48 Å². The molecule has 100 valence electrons. The molecule has 6 heteroatoms. The highest BCUT2D eigenvalue weighted by molar-refractivity contribution is 5.92. The molecular weight excluding hydrogens is 244 g/mol. The fourth-order valence-corrected chi connectivity index (χ4v) is 1.62. The molecule has 0 aliphatic rings. The number of nitrogens with zero attached hydrogens (tertiary/aromatic N) is 2. The number of carbonyl (C=O) groups is 1. The van der Waals surface area contributed by atoms with Gasteiger partial charge < -0.3 is 15.8 Å². The summed E-state index contributed by atoms with van der Waals surface area (Å²) in [6.07, 6.45) is 1.75. The predicted molar refractivity (Wildman–Crippen MR) is 72.9 cm³/mol. The molecule has 0 unspecified atom stereocenters. The number of benzene rings is 1. The van der Waals surface area contributed by atoms with Crippen molar-refractivity contribution in [3.05, 3.63) is 36.2 Å². The van der Waals surface area contributed by atoms with Crippen LogP contribution in [0.3, 0.4) is 0 Å². The first-order valence-corrected chi connectivity index (χ1v) is 5.83. The Kier molecular flexibility index (Phi) is 3.70. The summed E-state index contributed by atoms with van der Waals surface area (Å²) >= 11 is 0. The summed E-state index contributed by atoms with van der Waals surface area (Å²) in [6, 6.07) is 6.88. The quantitative estimate of drug-likeness (QED) is 0.812. The molecule has 1 aromatic heterocycles. The Balaban J connectivity index is 1.88. The van der Waals surface area contributed by atoms with Gasteiger partial charge in [0.15, 0.2) is 6.61 Å². The lowest BCUT2D eigenvalue weighted by molar-refractivity contribution is -0.118. The second kappa shape index (κ2) is 5.43. The molecule has 0 fully saturated rings. The summed E-state index contributed by atoms with van der Waals surface area (Å²) in [5.41, 5.74) is 7.67. The number of ether oxygens (including phenoxy) is 1. The van der Waals surface area contributed by atoms with Crippen molar-refractivity contribution in [3.63, 3.8) is 0 Å². The van der Waals surface area contributed by atoms with Crippen molar-refractivity contribution in [1.82, 2.24) is 9.78 Å². The van der Waals surface area contributed by atoms with Crippen LogP contribution in [0, 0.1) is 6.92 Å². The maximum atomic E-state index is 11.7. The smallest absolute Gasteiger partial charge is 0.262 e. The maximum absolute atomic E-state index is 11.7. The first-order valence-electron chi connectivity index (χ1n) is 5.83. The molecule has 0 aliphatic carbocycles. The Labute approximate surface area is 111 Å². The molecule has 1 amide bonds. The van der Waals surface area contributed by atoms with Gasteiger partial charge in [-0.25, -0.2) is 0 Å². The highest BCUT2D eigenvalue weighted by Gasteiger charge is 2.08. The molecule has 19 heavy (non-hydrogen) atoms. The van der Waals surface area contributed by atoms with E-state index in [2.05, 4.69) is 10.4 Å². The number of aryl methyl sites for hydroxylation is 2. The summed E-state index contributed by atoms with van der Waals surface area (Å²) in [5, 5.41) is 6.88. The summed E-state index contributed by atoms with van der Waals surface area (Å²) < 4.78 is 6.99. The summed E-state index contributed by atoms with van der Waals surface area (Å²) in [4.78, 5) is 11.7. The Morgan fingerprint density at radius 3 is 2.68 bits per heavy atom. The summed E-state index contributed by atoms with van der Waals surface area (Å²) in [7, 11) is 1.80. The van der Waals surface area contributed by atoms with E-state index < -0.39 is 0 Å². The Bertz CT molecular complexity index is 575. The minimum absolute atomic E-state index is 0.0573. The second-order valence-corrected chi connectivity index (χ2v) is 4.21. The van der Waals surface area contributed by atoms with Crippen LogP contribution < -0.4 is 15.8 Å². The highest BCUT2D eigenvalue weighted by atomic mass is 16.5. The largest absolute Gasteiger partial charge is 0.484 e. The lowest BCUT2D eigenvalue weighted by Gasteiger charge is -2.06. The lowest BCUT2D eigenvalue weighted by Crippen LogP contribution is -2.20. The number of nitrogen functional groups attached to an aromatic ring is 1. The Morgan fingerprint density at radius 1 is 1.42 bits per heavy atom. The number of rotatable bonds is 4. The first kappa shape index (κ1) is 12.9. The summed E-state index contributed by atoms with van der Waals surface area (Å²) in [5.74, 6) is 0.375. The van der Waals surface area contributed by atoms with Gasteiger partial charge in [-0.05, 0) is 31.2 Å². The van der Waals surface area contributed by atoms with E-state index in [4.69, 9.17) is 10.5 Å². The van der Waals surface area contributed by atoms with Crippen LogP contribution in [-0.2, 0) is 11.8 Å². The average molecular weight is 260 g/mol. The number of carbonyl (C=O) groups excluding carboxylic acids is 1. The SMILES string of the molecule is Cc1nn(C)cc1NC(=O)COc1ccc(N)cc1. The highest BCUT2D eigenvalue weighted by Crippen LogP contribution is 2.14. The third-order valence-corrected chi connectivity index (χ3v) is 2.54. The number of aromatic nitrogens is 2. The van der Waals surface area contributed by atoms with Crippen LogP contribution in [0.25, 0.3) is 0 Å². The van der Waals surface area contributed by atoms with Gasteiger partial charge in [-0.1, -0.05) is 0 Å². The zero-order chi connectivity index (χ0) is 13.8. The zero-order valence-corrected chi connectivity index (χ0v) is 10.9. The maximum Gasteiger partial charge on any atom is 0.262 e. The third kappa shape index (κ3) is 3.48. The van der Waals surface area contributed by atoms with Gasteiger partial charge in [-0.2, -0.15) is 5.10 Å². The van der Waals surface area contributed by atoms with Gasteiger partial charge in [0.1, 0.15) is 5.75 Å². The van der Waals surface area contributed by atoms with Gasteiger partial charge in [0.2, 0.25) is 0 Å². The van der Waals surface area contributed by atoms with Gasteiger partial charge in [-0.15, -0.1) is 0 Å². The number of amides is 1. The van der Waals surface area contributed by atoms with Crippen molar-refractivity contribution >= 4 is 17.3 Å². The zero-order valence-electron chi connectivity index (χ0n) is 10.9. The third-order valence-electron chi connectivity index (χ3n) is 2.54. The topological polar surface area (TPSA) is 82.2 Å². The van der Waals surface area contributed by atoms with Crippen molar-refractivity contribution in [2.24, 2.45) is 7.05 Å². The van der Waals surface area contributed by atoms with Crippen molar-refractivity contribution < 1.29 is 9.53 Å². The van der Waals surface area contributed by atoms with Crippen LogP contribution in [0.4, 0.5) is 11.4 Å². The number of nitrogens with two attached hydrogens (primary N) is 1. The van der Waals surface area contributed by atoms with Gasteiger partial charge in [0.25, 0.3) is 5.91 Å². The van der Waals surface area contributed by atoms with E-state index in [1.54, 1.807) is 42.2 Å². The molecule has 0 bridgehead atoms. The predicted octanol–water partition coefficient (Wildman–Crippen LogP) is 1.33. The normalized spacial score (nSPS) is 10.2. The van der Waals surface area contributed by atoms with Crippen LogP contribution >= 0.6 is 0 Å². The standard InChI is InChI=1S/C13H16N4O2/c1-9-12(7-17(2)16-9)15-13(18)8-19-11-5-3-10(14)4-6-11/h3-7H,8,14H2,1-2H3,(H,15,18). The number of hydrogen-bond donors (Lipinski definition) is 2. The van der Waals surface area contributed by atoms with Crippen molar-refractivity contribution in [1.29, 1.82) is 0 Å². The van der Waals surface area contributed by atoms with E-state index in [1.165, 1.54) is 0 Å². The van der Waals surface area contributed by atoms with Crippen molar-refractivity contribution in [2.45, 2.75) is 6.92 Å². The molecule has 0 saturated carbocycles. The minimum Gasteiger partial charge on any atom is -0.484 e. The number of nitrogens with one attached hydrogen (secondary N) is 1. The fourth-order valence-electron chi connectivity index (χ4n) is 1.62. The monoisotopic (exact) mass is 260 g/mol. The van der Waals surface area contributed by atoms with Crippen LogP contribution in [0.1, 0.15) is 5.69 Å². The number of anilines is 2. The van der Waals surface area contributed by atoms with Crippen LogP contribution in [0.2, 0.25) is 0 Å². The van der Waals surface area contributed by atoms with Crippen molar-refractivity contribution in [3.8, 4) is 5.75 Å². The second-order valence-electron chi connectivity index (χ2n) is 4.21. The van der Waals surface area contributed by atoms with E-state index in [0.29, 0.717) is 17.1 Å². The minimum atomic E-state index is -0.229. The molecule has 1 aromatic carbocycles. The van der Waals surface area contributed by atoms with Gasteiger partial charge >= 0.3 is 0 Å². The Morgan fingerprint density at radius 2 is 2.11 bits per heavy atom.